The number of nitrogens with one attached hydrogen (secondary N) is 1. The topological polar surface area (TPSA) is 64.0 Å². The molecule has 114 valence electrons. The Morgan fingerprint density at radius 3 is 2.75 bits per heavy atom. The minimum atomic E-state index is -3.52. The zero-order valence-corrected chi connectivity index (χ0v) is 14.4. The first-order valence-electron chi connectivity index (χ1n) is 7.10. The summed E-state index contributed by atoms with van der Waals surface area (Å²) in [5, 5.41) is 0.971. The van der Waals surface area contributed by atoms with E-state index in [0.29, 0.717) is 5.92 Å². The van der Waals surface area contributed by atoms with E-state index in [1.54, 1.807) is 6.20 Å². The van der Waals surface area contributed by atoms with E-state index in [1.165, 1.54) is 6.42 Å². The molecule has 20 heavy (non-hydrogen) atoms. The van der Waals surface area contributed by atoms with E-state index >= 15 is 0 Å². The van der Waals surface area contributed by atoms with Gasteiger partial charge in [0.05, 0.1) is 0 Å². The second kappa shape index (κ2) is 6.58. The molecule has 5 nitrogen and oxygen atoms in total. The fourth-order valence-corrected chi connectivity index (χ4v) is 4.86. The van der Waals surface area contributed by atoms with Gasteiger partial charge in [-0.25, -0.2) is 18.1 Å². The van der Waals surface area contributed by atoms with E-state index in [0.717, 1.165) is 37.0 Å². The molecule has 2 unspecified atom stereocenters. The minimum absolute atomic E-state index is 0.0141. The zero-order chi connectivity index (χ0) is 14.8. The first-order valence-corrected chi connectivity index (χ1v) is 9.70. The zero-order valence-electron chi connectivity index (χ0n) is 12.0. The third-order valence-electron chi connectivity index (χ3n) is 3.98. The molecular weight excluding hydrogens is 342 g/mol. The van der Waals surface area contributed by atoms with Gasteiger partial charge in [0.2, 0.25) is 0 Å². The van der Waals surface area contributed by atoms with E-state index in [1.807, 2.05) is 18.4 Å². The lowest BCUT2D eigenvalue weighted by Gasteiger charge is -2.30. The van der Waals surface area contributed by atoms with Crippen molar-refractivity contribution in [3.05, 3.63) is 12.0 Å². The maximum atomic E-state index is 12.4. The minimum Gasteiger partial charge on any atom is -0.334 e. The maximum absolute atomic E-state index is 12.4. The molecule has 2 rings (SSSR count). The fourth-order valence-electron chi connectivity index (χ4n) is 2.74. The van der Waals surface area contributed by atoms with Crippen LogP contribution in [0, 0.1) is 12.8 Å². The van der Waals surface area contributed by atoms with Gasteiger partial charge in [-0.3, -0.25) is 0 Å². The molecule has 0 spiro atoms. The molecule has 0 aliphatic heterocycles. The summed E-state index contributed by atoms with van der Waals surface area (Å²) in [4.78, 5) is 4.17. The summed E-state index contributed by atoms with van der Waals surface area (Å²) in [6.07, 6.45) is 5.85. The molecule has 1 heterocycles. The van der Waals surface area contributed by atoms with Crippen molar-refractivity contribution >= 4 is 26.0 Å². The van der Waals surface area contributed by atoms with Crippen LogP contribution in [-0.2, 0) is 16.6 Å². The van der Waals surface area contributed by atoms with Crippen molar-refractivity contribution < 1.29 is 8.42 Å². The molecular formula is C13H22BrN3O2S. The molecule has 1 aliphatic rings. The van der Waals surface area contributed by atoms with E-state index in [-0.39, 0.29) is 11.1 Å². The Kier molecular flexibility index (Phi) is 5.25. The second-order valence-electron chi connectivity index (χ2n) is 5.34. The van der Waals surface area contributed by atoms with Crippen molar-refractivity contribution in [2.45, 2.75) is 57.1 Å². The van der Waals surface area contributed by atoms with Gasteiger partial charge in [0.15, 0.2) is 5.03 Å². The highest BCUT2D eigenvalue weighted by Crippen LogP contribution is 2.27. The first kappa shape index (κ1) is 16.0. The molecule has 1 aliphatic carbocycles. The molecule has 1 aromatic heterocycles. The Morgan fingerprint density at radius 2 is 2.15 bits per heavy atom. The lowest BCUT2D eigenvalue weighted by Crippen LogP contribution is -2.42. The predicted molar refractivity (Wildman–Crippen MR) is 82.5 cm³/mol. The lowest BCUT2D eigenvalue weighted by atomic mass is 9.87. The molecule has 2 atom stereocenters. The van der Waals surface area contributed by atoms with Gasteiger partial charge in [0.1, 0.15) is 5.82 Å². The number of rotatable bonds is 5. The summed E-state index contributed by atoms with van der Waals surface area (Å²) in [6.45, 7) is 4.52. The molecule has 0 bridgehead atoms. The largest absolute Gasteiger partial charge is 0.334 e. The van der Waals surface area contributed by atoms with E-state index in [9.17, 15) is 8.42 Å². The van der Waals surface area contributed by atoms with E-state index < -0.39 is 10.0 Å². The number of aryl methyl sites for hydroxylation is 2. The van der Waals surface area contributed by atoms with Gasteiger partial charge in [-0.05, 0) is 32.6 Å². The van der Waals surface area contributed by atoms with Gasteiger partial charge in [-0.2, -0.15) is 0 Å². The highest BCUT2D eigenvalue weighted by atomic mass is 79.9. The Labute approximate surface area is 129 Å². The predicted octanol–water partition coefficient (Wildman–Crippen LogP) is 2.44. The summed E-state index contributed by atoms with van der Waals surface area (Å²) in [5.74, 6) is 1.10. The second-order valence-corrected chi connectivity index (χ2v) is 7.65. The summed E-state index contributed by atoms with van der Waals surface area (Å²) in [5.41, 5.74) is 0. The van der Waals surface area contributed by atoms with Gasteiger partial charge in [0.25, 0.3) is 10.0 Å². The third-order valence-corrected chi connectivity index (χ3v) is 6.18. The molecule has 1 fully saturated rings. The van der Waals surface area contributed by atoms with Crippen molar-refractivity contribution in [3.8, 4) is 0 Å². The van der Waals surface area contributed by atoms with Crippen LogP contribution in [-0.4, -0.2) is 29.3 Å². The van der Waals surface area contributed by atoms with Crippen molar-refractivity contribution in [1.29, 1.82) is 0 Å². The molecule has 0 aromatic carbocycles. The summed E-state index contributed by atoms with van der Waals surface area (Å²) < 4.78 is 29.6. The molecule has 0 saturated heterocycles. The summed E-state index contributed by atoms with van der Waals surface area (Å²) >= 11 is 3.49. The van der Waals surface area contributed by atoms with Crippen LogP contribution in [0.25, 0.3) is 0 Å². The van der Waals surface area contributed by atoms with Gasteiger partial charge in [-0.15, -0.1) is 0 Å². The average Bonchev–Trinajstić information content (AvgIpc) is 2.81. The number of halogens is 1. The maximum Gasteiger partial charge on any atom is 0.259 e. The highest BCUT2D eigenvalue weighted by Gasteiger charge is 2.30. The standard InChI is InChI=1S/C13H22BrN3O2S/c1-3-17-9-13(15-10(17)2)20(18,19)16-12-7-5-4-6-11(12)8-14/h9,11-12,16H,3-8H2,1-2H3. The van der Waals surface area contributed by atoms with Crippen LogP contribution in [0.4, 0.5) is 0 Å². The van der Waals surface area contributed by atoms with Crippen molar-refractivity contribution in [2.75, 3.05) is 5.33 Å². The third kappa shape index (κ3) is 3.43. The van der Waals surface area contributed by atoms with E-state index in [4.69, 9.17) is 0 Å². The first-order chi connectivity index (χ1) is 9.47. The van der Waals surface area contributed by atoms with Crippen LogP contribution in [0.3, 0.4) is 0 Å². The molecule has 1 aromatic rings. The Balaban J connectivity index is 2.17. The number of aromatic nitrogens is 2. The van der Waals surface area contributed by atoms with Gasteiger partial charge < -0.3 is 4.57 Å². The molecule has 0 amide bonds. The van der Waals surface area contributed by atoms with Crippen molar-refractivity contribution in [3.63, 3.8) is 0 Å². The van der Waals surface area contributed by atoms with Crippen LogP contribution in [0.15, 0.2) is 11.2 Å². The van der Waals surface area contributed by atoms with Gasteiger partial charge in [-0.1, -0.05) is 28.8 Å². The van der Waals surface area contributed by atoms with Crippen LogP contribution in [0.1, 0.15) is 38.4 Å². The van der Waals surface area contributed by atoms with Crippen LogP contribution >= 0.6 is 15.9 Å². The average molecular weight is 364 g/mol. The van der Waals surface area contributed by atoms with Gasteiger partial charge >= 0.3 is 0 Å². The normalized spacial score (nSPS) is 23.9. The number of hydrogen-bond donors (Lipinski definition) is 1. The number of imidazole rings is 1. The van der Waals surface area contributed by atoms with Crippen molar-refractivity contribution in [1.82, 2.24) is 14.3 Å². The number of alkyl halides is 1. The number of hydrogen-bond acceptors (Lipinski definition) is 3. The smallest absolute Gasteiger partial charge is 0.259 e. The summed E-state index contributed by atoms with van der Waals surface area (Å²) in [6, 6.07) is 0.0141. The number of sulfonamides is 1. The molecule has 0 radical (unpaired) electrons. The number of nitrogens with zero attached hydrogens (tertiary/aromatic N) is 2. The monoisotopic (exact) mass is 363 g/mol. The van der Waals surface area contributed by atoms with Crippen LogP contribution in [0.2, 0.25) is 0 Å². The van der Waals surface area contributed by atoms with Gasteiger partial charge in [0, 0.05) is 24.1 Å². The molecule has 1 saturated carbocycles. The Hall–Kier alpha value is -0.400. The quantitative estimate of drug-likeness (QED) is 0.817. The molecule has 7 heteroatoms. The van der Waals surface area contributed by atoms with Crippen LogP contribution < -0.4 is 4.72 Å². The van der Waals surface area contributed by atoms with Crippen molar-refractivity contribution in [2.24, 2.45) is 5.92 Å². The van der Waals surface area contributed by atoms with E-state index in [2.05, 4.69) is 25.6 Å². The molecule has 1 N–H and O–H groups in total. The van der Waals surface area contributed by atoms with Crippen LogP contribution in [0.5, 0.6) is 0 Å². The Morgan fingerprint density at radius 1 is 1.45 bits per heavy atom. The lowest BCUT2D eigenvalue weighted by molar-refractivity contribution is 0.316. The Bertz CT molecular complexity index is 556. The fraction of sp³-hybridized carbons (Fsp3) is 0.769. The SMILES string of the molecule is CCn1cc(S(=O)(=O)NC2CCCCC2CBr)nc1C. The summed E-state index contributed by atoms with van der Waals surface area (Å²) in [7, 11) is -3.52. The highest BCUT2D eigenvalue weighted by molar-refractivity contribution is 9.09.